The van der Waals surface area contributed by atoms with E-state index in [4.69, 9.17) is 16.3 Å². The Balaban J connectivity index is 1.82. The summed E-state index contributed by atoms with van der Waals surface area (Å²) in [5.74, 6) is 1.15. The molecule has 1 aromatic heterocycles. The first-order valence-electron chi connectivity index (χ1n) is 5.71. The van der Waals surface area contributed by atoms with Gasteiger partial charge in [0, 0.05) is 5.02 Å². The first-order chi connectivity index (χ1) is 9.31. The van der Waals surface area contributed by atoms with E-state index >= 15 is 0 Å². The predicted octanol–water partition coefficient (Wildman–Crippen LogP) is 3.92. The van der Waals surface area contributed by atoms with Crippen LogP contribution in [0.4, 0.5) is 0 Å². The van der Waals surface area contributed by atoms with E-state index in [1.807, 2.05) is 48.5 Å². The summed E-state index contributed by atoms with van der Waals surface area (Å²) in [5.41, 5.74) is 2.15. The van der Waals surface area contributed by atoms with Crippen molar-refractivity contribution in [1.82, 2.24) is 15.4 Å². The maximum Gasteiger partial charge on any atom is 0.258 e. The molecule has 0 bridgehead atoms. The number of aromatic amines is 1. The SMILES string of the molecule is Clc1cccc(-c2ccc(Oc3cn[nH]n3)cc2)c1. The molecule has 19 heavy (non-hydrogen) atoms. The quantitative estimate of drug-likeness (QED) is 0.785. The van der Waals surface area contributed by atoms with E-state index in [0.717, 1.165) is 16.1 Å². The fourth-order valence-corrected chi connectivity index (χ4v) is 1.93. The highest BCUT2D eigenvalue weighted by molar-refractivity contribution is 6.30. The summed E-state index contributed by atoms with van der Waals surface area (Å²) >= 11 is 5.98. The molecule has 0 fully saturated rings. The molecule has 94 valence electrons. The lowest BCUT2D eigenvalue weighted by Crippen LogP contribution is -1.84. The predicted molar refractivity (Wildman–Crippen MR) is 73.3 cm³/mol. The number of nitrogens with zero attached hydrogens (tertiary/aromatic N) is 2. The molecule has 0 saturated heterocycles. The summed E-state index contributed by atoms with van der Waals surface area (Å²) in [6.45, 7) is 0. The van der Waals surface area contributed by atoms with Gasteiger partial charge in [-0.3, -0.25) is 0 Å². The van der Waals surface area contributed by atoms with Crippen LogP contribution in [0, 0.1) is 0 Å². The van der Waals surface area contributed by atoms with Crippen LogP contribution in [0.3, 0.4) is 0 Å². The van der Waals surface area contributed by atoms with E-state index in [1.165, 1.54) is 6.20 Å². The lowest BCUT2D eigenvalue weighted by atomic mass is 10.1. The van der Waals surface area contributed by atoms with Gasteiger partial charge in [0.1, 0.15) is 11.9 Å². The second-order valence-corrected chi connectivity index (χ2v) is 4.38. The van der Waals surface area contributed by atoms with E-state index in [-0.39, 0.29) is 0 Å². The fourth-order valence-electron chi connectivity index (χ4n) is 1.74. The van der Waals surface area contributed by atoms with Crippen LogP contribution in [0.5, 0.6) is 11.6 Å². The van der Waals surface area contributed by atoms with Crippen molar-refractivity contribution in [1.29, 1.82) is 0 Å². The van der Waals surface area contributed by atoms with Crippen LogP contribution in [0.15, 0.2) is 54.7 Å². The van der Waals surface area contributed by atoms with Gasteiger partial charge in [0.15, 0.2) is 0 Å². The highest BCUT2D eigenvalue weighted by Gasteiger charge is 2.02. The maximum atomic E-state index is 5.98. The van der Waals surface area contributed by atoms with Crippen molar-refractivity contribution in [2.24, 2.45) is 0 Å². The summed E-state index contributed by atoms with van der Waals surface area (Å²) in [4.78, 5) is 0. The normalized spacial score (nSPS) is 10.4. The minimum Gasteiger partial charge on any atom is -0.436 e. The lowest BCUT2D eigenvalue weighted by Gasteiger charge is -2.04. The molecular formula is C14H10ClN3O. The van der Waals surface area contributed by atoms with Crippen molar-refractivity contribution >= 4 is 11.6 Å². The average Bonchev–Trinajstić information content (AvgIpc) is 2.92. The number of nitrogens with one attached hydrogen (secondary N) is 1. The van der Waals surface area contributed by atoms with Gasteiger partial charge in [-0.05, 0) is 35.4 Å². The highest BCUT2D eigenvalue weighted by atomic mass is 35.5. The molecule has 1 N–H and O–H groups in total. The number of benzene rings is 2. The first-order valence-corrected chi connectivity index (χ1v) is 6.09. The first kappa shape index (κ1) is 11.7. The number of hydrogen-bond acceptors (Lipinski definition) is 3. The van der Waals surface area contributed by atoms with Gasteiger partial charge in [0.05, 0.1) is 0 Å². The molecule has 0 aliphatic carbocycles. The maximum absolute atomic E-state index is 5.98. The molecular weight excluding hydrogens is 262 g/mol. The van der Waals surface area contributed by atoms with Crippen LogP contribution in [-0.2, 0) is 0 Å². The molecule has 0 unspecified atom stereocenters. The van der Waals surface area contributed by atoms with E-state index < -0.39 is 0 Å². The monoisotopic (exact) mass is 271 g/mol. The summed E-state index contributed by atoms with van der Waals surface area (Å²) in [5, 5.41) is 10.7. The zero-order valence-corrected chi connectivity index (χ0v) is 10.6. The van der Waals surface area contributed by atoms with E-state index in [2.05, 4.69) is 15.4 Å². The van der Waals surface area contributed by atoms with Gasteiger partial charge in [-0.25, -0.2) is 0 Å². The van der Waals surface area contributed by atoms with Crippen molar-refractivity contribution in [3.05, 3.63) is 59.8 Å². The second-order valence-electron chi connectivity index (χ2n) is 3.95. The zero-order chi connectivity index (χ0) is 13.1. The lowest BCUT2D eigenvalue weighted by molar-refractivity contribution is 0.461. The summed E-state index contributed by atoms with van der Waals surface area (Å²) < 4.78 is 5.50. The molecule has 0 aliphatic rings. The molecule has 0 atom stereocenters. The molecule has 0 radical (unpaired) electrons. The summed E-state index contributed by atoms with van der Waals surface area (Å²) in [6, 6.07) is 15.4. The fraction of sp³-hybridized carbons (Fsp3) is 0. The topological polar surface area (TPSA) is 50.8 Å². The van der Waals surface area contributed by atoms with Crippen molar-refractivity contribution in [3.63, 3.8) is 0 Å². The third kappa shape index (κ3) is 2.74. The number of H-pyrrole nitrogens is 1. The summed E-state index contributed by atoms with van der Waals surface area (Å²) in [7, 11) is 0. The highest BCUT2D eigenvalue weighted by Crippen LogP contribution is 2.26. The van der Waals surface area contributed by atoms with Gasteiger partial charge in [-0.2, -0.15) is 10.3 Å². The van der Waals surface area contributed by atoms with Crippen LogP contribution < -0.4 is 4.74 Å². The van der Waals surface area contributed by atoms with Crippen LogP contribution in [0.1, 0.15) is 0 Å². The van der Waals surface area contributed by atoms with Gasteiger partial charge in [0.2, 0.25) is 0 Å². The third-order valence-electron chi connectivity index (χ3n) is 2.63. The number of rotatable bonds is 3. The van der Waals surface area contributed by atoms with Crippen molar-refractivity contribution in [3.8, 4) is 22.8 Å². The minimum absolute atomic E-state index is 0.440. The second kappa shape index (κ2) is 5.12. The van der Waals surface area contributed by atoms with Crippen molar-refractivity contribution in [2.75, 3.05) is 0 Å². The smallest absolute Gasteiger partial charge is 0.258 e. The van der Waals surface area contributed by atoms with Gasteiger partial charge < -0.3 is 4.74 Å². The Morgan fingerprint density at radius 3 is 2.53 bits per heavy atom. The Labute approximate surface area is 115 Å². The average molecular weight is 272 g/mol. The molecule has 1 heterocycles. The Morgan fingerprint density at radius 1 is 1.00 bits per heavy atom. The van der Waals surface area contributed by atoms with Gasteiger partial charge >= 0.3 is 0 Å². The molecule has 0 aliphatic heterocycles. The Hall–Kier alpha value is -2.33. The third-order valence-corrected chi connectivity index (χ3v) is 2.86. The molecule has 0 spiro atoms. The van der Waals surface area contributed by atoms with E-state index in [0.29, 0.717) is 11.6 Å². The number of hydrogen-bond donors (Lipinski definition) is 1. The Kier molecular flexibility index (Phi) is 3.16. The van der Waals surface area contributed by atoms with Gasteiger partial charge in [0.25, 0.3) is 5.88 Å². The molecule has 0 saturated carbocycles. The van der Waals surface area contributed by atoms with Crippen LogP contribution in [0.2, 0.25) is 5.02 Å². The molecule has 4 nitrogen and oxygen atoms in total. The van der Waals surface area contributed by atoms with Crippen LogP contribution in [0.25, 0.3) is 11.1 Å². The van der Waals surface area contributed by atoms with Crippen LogP contribution in [-0.4, -0.2) is 15.4 Å². The zero-order valence-electron chi connectivity index (χ0n) is 9.88. The number of aromatic nitrogens is 3. The molecule has 2 aromatic carbocycles. The van der Waals surface area contributed by atoms with Crippen LogP contribution >= 0.6 is 11.6 Å². The molecule has 5 heteroatoms. The largest absolute Gasteiger partial charge is 0.436 e. The Bertz CT molecular complexity index is 665. The van der Waals surface area contributed by atoms with E-state index in [1.54, 1.807) is 0 Å². The summed E-state index contributed by atoms with van der Waals surface area (Å²) in [6.07, 6.45) is 1.52. The Morgan fingerprint density at radius 2 is 1.84 bits per heavy atom. The van der Waals surface area contributed by atoms with Crippen molar-refractivity contribution in [2.45, 2.75) is 0 Å². The molecule has 3 rings (SSSR count). The van der Waals surface area contributed by atoms with Gasteiger partial charge in [-0.15, -0.1) is 5.10 Å². The molecule has 3 aromatic rings. The minimum atomic E-state index is 0.440. The molecule has 0 amide bonds. The van der Waals surface area contributed by atoms with Crippen molar-refractivity contribution < 1.29 is 4.74 Å². The van der Waals surface area contributed by atoms with Gasteiger partial charge in [-0.1, -0.05) is 35.9 Å². The van der Waals surface area contributed by atoms with E-state index in [9.17, 15) is 0 Å². The number of halogens is 1. The number of ether oxygens (including phenoxy) is 1. The standard InChI is InChI=1S/C14H10ClN3O/c15-12-3-1-2-11(8-12)10-4-6-13(7-5-10)19-14-9-16-18-17-14/h1-9H,(H,16,17,18).